The second-order valence-electron chi connectivity index (χ2n) is 11.8. The molecule has 0 saturated heterocycles. The molecule has 2 aromatic carbocycles. The lowest BCUT2D eigenvalue weighted by atomic mass is 9.88. The first-order valence-electron chi connectivity index (χ1n) is 14.5. The van der Waals surface area contributed by atoms with Gasteiger partial charge in [0.15, 0.2) is 11.6 Å². The Balaban J connectivity index is 1.43. The first-order valence-corrected chi connectivity index (χ1v) is 14.9. The Hall–Kier alpha value is -4.48. The second kappa shape index (κ2) is 12.0. The van der Waals surface area contributed by atoms with Crippen LogP contribution in [0, 0.1) is 23.3 Å². The summed E-state index contributed by atoms with van der Waals surface area (Å²) in [6, 6.07) is 14.9. The van der Waals surface area contributed by atoms with E-state index in [1.807, 2.05) is 6.07 Å². The monoisotopic (exact) mass is 652 g/mol. The second-order valence-corrected chi connectivity index (χ2v) is 12.2. The number of ether oxygens (including phenoxy) is 1. The van der Waals surface area contributed by atoms with E-state index in [-0.39, 0.29) is 17.8 Å². The fourth-order valence-corrected chi connectivity index (χ4v) is 5.67. The molecule has 0 spiro atoms. The predicted octanol–water partition coefficient (Wildman–Crippen LogP) is 7.28. The van der Waals surface area contributed by atoms with E-state index in [1.165, 1.54) is 27.0 Å². The van der Waals surface area contributed by atoms with Gasteiger partial charge >= 0.3 is 0 Å². The number of nitrogens with one attached hydrogen (secondary N) is 1. The first kappa shape index (κ1) is 31.5. The summed E-state index contributed by atoms with van der Waals surface area (Å²) in [5.74, 6) is -5.61. The predicted molar refractivity (Wildman–Crippen MR) is 164 cm³/mol. The molecule has 1 fully saturated rings. The van der Waals surface area contributed by atoms with Gasteiger partial charge in [-0.1, -0.05) is 41.9 Å². The van der Waals surface area contributed by atoms with E-state index in [4.69, 9.17) is 16.3 Å². The molecular formula is C34H29ClF4N4O3. The van der Waals surface area contributed by atoms with Crippen molar-refractivity contribution in [3.8, 4) is 17.1 Å². The molecule has 0 aliphatic heterocycles. The summed E-state index contributed by atoms with van der Waals surface area (Å²) >= 11 is 5.89. The maximum absolute atomic E-state index is 16.3. The van der Waals surface area contributed by atoms with Gasteiger partial charge in [0, 0.05) is 41.6 Å². The van der Waals surface area contributed by atoms with Gasteiger partial charge in [-0.05, 0) is 50.5 Å². The van der Waals surface area contributed by atoms with Crippen LogP contribution in [-0.2, 0) is 5.60 Å². The summed E-state index contributed by atoms with van der Waals surface area (Å²) in [6.45, 7) is 2.11. The fourth-order valence-electron chi connectivity index (χ4n) is 5.51. The van der Waals surface area contributed by atoms with Gasteiger partial charge in [-0.15, -0.1) is 0 Å². The van der Waals surface area contributed by atoms with E-state index in [2.05, 4.69) is 15.4 Å². The van der Waals surface area contributed by atoms with Gasteiger partial charge in [0.25, 0.3) is 5.91 Å². The summed E-state index contributed by atoms with van der Waals surface area (Å²) in [7, 11) is 1.47. The number of carbonyl (C=O) groups excluding carboxylic acids is 1. The van der Waals surface area contributed by atoms with Crippen LogP contribution in [-0.4, -0.2) is 39.3 Å². The molecule has 238 valence electrons. The van der Waals surface area contributed by atoms with Gasteiger partial charge in [0.05, 0.1) is 40.2 Å². The fraction of sp³-hybridized carbons (Fsp3) is 0.265. The van der Waals surface area contributed by atoms with Crippen LogP contribution in [0.3, 0.4) is 0 Å². The summed E-state index contributed by atoms with van der Waals surface area (Å²) in [5.41, 5.74) is -2.12. The minimum atomic E-state index is -2.08. The molecule has 5 aromatic rings. The molecule has 6 rings (SSSR count). The van der Waals surface area contributed by atoms with Gasteiger partial charge < -0.3 is 15.2 Å². The SMILES string of the molecule is COc1cc(C(=O)NCC(c2ccccc2)c2nc(-c3cc(Cl)c(F)cc3F)c(F)c(C(C)(C)O)c2F)cc2cc(C3CC3)nn12. The average Bonchev–Trinajstić information content (AvgIpc) is 3.77. The molecular weight excluding hydrogens is 624 g/mol. The lowest BCUT2D eigenvalue weighted by molar-refractivity contribution is 0.0697. The highest BCUT2D eigenvalue weighted by Gasteiger charge is 2.35. The molecule has 7 nitrogen and oxygen atoms in total. The molecule has 1 saturated carbocycles. The number of carbonyl (C=O) groups is 1. The molecule has 0 radical (unpaired) electrons. The molecule has 12 heteroatoms. The van der Waals surface area contributed by atoms with Crippen LogP contribution in [0.4, 0.5) is 17.6 Å². The van der Waals surface area contributed by atoms with Crippen LogP contribution >= 0.6 is 11.6 Å². The third-order valence-corrected chi connectivity index (χ3v) is 8.28. The number of amides is 1. The largest absolute Gasteiger partial charge is 0.481 e. The highest BCUT2D eigenvalue weighted by atomic mass is 35.5. The van der Waals surface area contributed by atoms with Crippen LogP contribution in [0.15, 0.2) is 60.7 Å². The molecule has 46 heavy (non-hydrogen) atoms. The van der Waals surface area contributed by atoms with E-state index in [1.54, 1.807) is 40.9 Å². The normalized spacial score (nSPS) is 14.0. The number of hydrogen-bond donors (Lipinski definition) is 2. The van der Waals surface area contributed by atoms with Crippen molar-refractivity contribution in [3.63, 3.8) is 0 Å². The molecule has 3 aromatic heterocycles. The highest BCUT2D eigenvalue weighted by molar-refractivity contribution is 6.31. The number of benzene rings is 2. The zero-order chi connectivity index (χ0) is 32.9. The number of hydrogen-bond acceptors (Lipinski definition) is 5. The lowest BCUT2D eigenvalue weighted by Crippen LogP contribution is -2.31. The van der Waals surface area contributed by atoms with Gasteiger partial charge in [-0.3, -0.25) is 4.79 Å². The van der Waals surface area contributed by atoms with Crippen molar-refractivity contribution in [1.29, 1.82) is 0 Å². The van der Waals surface area contributed by atoms with Crippen LogP contribution in [0.1, 0.15) is 71.4 Å². The van der Waals surface area contributed by atoms with Crippen molar-refractivity contribution in [2.75, 3.05) is 13.7 Å². The van der Waals surface area contributed by atoms with Crippen molar-refractivity contribution in [3.05, 3.63) is 117 Å². The number of aliphatic hydroxyl groups is 1. The minimum Gasteiger partial charge on any atom is -0.481 e. The third kappa shape index (κ3) is 5.92. The minimum absolute atomic E-state index is 0.226. The molecule has 2 N–H and O–H groups in total. The van der Waals surface area contributed by atoms with Crippen molar-refractivity contribution in [2.45, 2.75) is 44.1 Å². The molecule has 3 heterocycles. The zero-order valence-corrected chi connectivity index (χ0v) is 25.8. The van der Waals surface area contributed by atoms with Crippen LogP contribution in [0.2, 0.25) is 5.02 Å². The van der Waals surface area contributed by atoms with Crippen molar-refractivity contribution in [1.82, 2.24) is 19.9 Å². The number of rotatable bonds is 9. The molecule has 1 unspecified atom stereocenters. The summed E-state index contributed by atoms with van der Waals surface area (Å²) in [6.07, 6.45) is 2.10. The van der Waals surface area contributed by atoms with Crippen LogP contribution < -0.4 is 10.1 Å². The third-order valence-electron chi connectivity index (χ3n) is 7.99. The highest BCUT2D eigenvalue weighted by Crippen LogP contribution is 2.41. The maximum Gasteiger partial charge on any atom is 0.251 e. The Morgan fingerprint density at radius 2 is 1.78 bits per heavy atom. The Labute approximate surface area is 266 Å². The summed E-state index contributed by atoms with van der Waals surface area (Å²) in [4.78, 5) is 17.7. The van der Waals surface area contributed by atoms with E-state index in [0.29, 0.717) is 28.9 Å². The maximum atomic E-state index is 16.3. The number of aromatic nitrogens is 3. The van der Waals surface area contributed by atoms with Gasteiger partial charge in [-0.2, -0.15) is 5.10 Å². The lowest BCUT2D eigenvalue weighted by Gasteiger charge is -2.26. The molecule has 1 amide bonds. The standard InChI is InChI=1S/C34H29ClF4N4O3/c1-34(2,45)28-29(38)31(21-14-23(35)25(37)15-24(21)36)41-32(30(28)39)22(17-7-5-4-6-8-17)16-40-33(44)19-11-20-13-26(18-9-10-18)42-43(20)27(12-19)46-3/h4-8,11-15,18,22,45H,9-10,16H2,1-3H3,(H,40,44). The Morgan fingerprint density at radius 1 is 1.07 bits per heavy atom. The van der Waals surface area contributed by atoms with Crippen LogP contribution in [0.25, 0.3) is 16.8 Å². The molecule has 0 bridgehead atoms. The topological polar surface area (TPSA) is 88.8 Å². The van der Waals surface area contributed by atoms with E-state index < -0.39 is 62.5 Å². The first-order chi connectivity index (χ1) is 21.9. The van der Waals surface area contributed by atoms with Gasteiger partial charge in [0.2, 0.25) is 5.88 Å². The summed E-state index contributed by atoms with van der Waals surface area (Å²) in [5, 5.41) is 17.7. The summed E-state index contributed by atoms with van der Waals surface area (Å²) < 4.78 is 68.3. The molecule has 1 atom stereocenters. The van der Waals surface area contributed by atoms with Crippen molar-refractivity contribution < 1.29 is 32.2 Å². The smallest absolute Gasteiger partial charge is 0.251 e. The quantitative estimate of drug-likeness (QED) is 0.129. The van der Waals surface area contributed by atoms with Gasteiger partial charge in [-0.25, -0.2) is 27.1 Å². The zero-order valence-electron chi connectivity index (χ0n) is 25.0. The Bertz CT molecular complexity index is 1970. The average molecular weight is 653 g/mol. The van der Waals surface area contributed by atoms with E-state index >= 15 is 13.2 Å². The van der Waals surface area contributed by atoms with Crippen molar-refractivity contribution in [2.24, 2.45) is 0 Å². The molecule has 1 aliphatic rings. The Kier molecular flexibility index (Phi) is 8.24. The van der Waals surface area contributed by atoms with Gasteiger partial charge in [0.1, 0.15) is 17.3 Å². The molecule has 1 aliphatic carbocycles. The number of pyridine rings is 2. The number of halogens is 5. The number of fused-ring (bicyclic) bond motifs is 1. The number of methoxy groups -OCH3 is 1. The van der Waals surface area contributed by atoms with E-state index in [0.717, 1.165) is 24.6 Å². The van der Waals surface area contributed by atoms with Crippen molar-refractivity contribution >= 4 is 23.0 Å². The number of nitrogens with zero attached hydrogens (tertiary/aromatic N) is 3. The van der Waals surface area contributed by atoms with Crippen LogP contribution in [0.5, 0.6) is 5.88 Å². The van der Waals surface area contributed by atoms with E-state index in [9.17, 15) is 14.3 Å². The Morgan fingerprint density at radius 3 is 2.43 bits per heavy atom.